The van der Waals surface area contributed by atoms with Crippen LogP contribution in [0.4, 0.5) is 4.39 Å². The zero-order chi connectivity index (χ0) is 22.7. The second-order valence-corrected chi connectivity index (χ2v) is 8.29. The van der Waals surface area contributed by atoms with Gasteiger partial charge in [0.1, 0.15) is 5.82 Å². The average Bonchev–Trinajstić information content (AvgIpc) is 3.10. The Hall–Kier alpha value is -3.48. The van der Waals surface area contributed by atoms with Gasteiger partial charge in [0.05, 0.1) is 23.1 Å². The Morgan fingerprint density at radius 1 is 0.875 bits per heavy atom. The van der Waals surface area contributed by atoms with Crippen LogP contribution in [0.25, 0.3) is 5.69 Å². The smallest absolute Gasteiger partial charge is 0.257 e. The van der Waals surface area contributed by atoms with Gasteiger partial charge in [0.2, 0.25) is 0 Å². The molecule has 2 aromatic carbocycles. The fourth-order valence-corrected chi connectivity index (χ4v) is 4.12. The lowest BCUT2D eigenvalue weighted by molar-refractivity contribution is 0.0718. The Balaban J connectivity index is 1.53. The van der Waals surface area contributed by atoms with Crippen molar-refractivity contribution in [2.75, 3.05) is 26.2 Å². The highest BCUT2D eigenvalue weighted by Gasteiger charge is 2.27. The minimum atomic E-state index is -0.317. The molecule has 0 aliphatic carbocycles. The predicted octanol–water partition coefficient (Wildman–Crippen LogP) is 4.12. The van der Waals surface area contributed by atoms with Crippen LogP contribution >= 0.6 is 0 Å². The van der Waals surface area contributed by atoms with Crippen LogP contribution < -0.4 is 0 Å². The molecule has 1 aliphatic heterocycles. The predicted molar refractivity (Wildman–Crippen MR) is 120 cm³/mol. The third-order valence-corrected chi connectivity index (χ3v) is 5.75. The van der Waals surface area contributed by atoms with E-state index in [2.05, 4.69) is 5.10 Å². The highest BCUT2D eigenvalue weighted by atomic mass is 19.1. The first kappa shape index (κ1) is 21.7. The highest BCUT2D eigenvalue weighted by molar-refractivity contribution is 5.96. The summed E-state index contributed by atoms with van der Waals surface area (Å²) in [6.07, 6.45) is 2.31. The van der Waals surface area contributed by atoms with Crippen LogP contribution in [0.2, 0.25) is 0 Å². The van der Waals surface area contributed by atoms with Gasteiger partial charge in [-0.25, -0.2) is 9.07 Å². The molecule has 32 heavy (non-hydrogen) atoms. The number of halogens is 1. The van der Waals surface area contributed by atoms with E-state index in [1.165, 1.54) is 12.1 Å². The highest BCUT2D eigenvalue weighted by Crippen LogP contribution is 2.25. The van der Waals surface area contributed by atoms with Crippen LogP contribution in [0.15, 0.2) is 60.8 Å². The molecule has 2 amide bonds. The minimum Gasteiger partial charge on any atom is -0.337 e. The summed E-state index contributed by atoms with van der Waals surface area (Å²) >= 11 is 0. The van der Waals surface area contributed by atoms with E-state index in [1.807, 2.05) is 49.1 Å². The van der Waals surface area contributed by atoms with Crippen LogP contribution in [0, 0.1) is 5.82 Å². The van der Waals surface area contributed by atoms with Crippen molar-refractivity contribution in [2.45, 2.75) is 26.2 Å². The molecule has 0 radical (unpaired) electrons. The Kier molecular flexibility index (Phi) is 6.35. The van der Waals surface area contributed by atoms with Crippen LogP contribution in [0.3, 0.4) is 0 Å². The molecule has 2 heterocycles. The molecule has 0 bridgehead atoms. The molecule has 1 aliphatic rings. The van der Waals surface area contributed by atoms with Gasteiger partial charge >= 0.3 is 0 Å². The number of amides is 2. The summed E-state index contributed by atoms with van der Waals surface area (Å²) in [5.41, 5.74) is 2.72. The van der Waals surface area contributed by atoms with Crippen molar-refractivity contribution in [3.63, 3.8) is 0 Å². The lowest BCUT2D eigenvalue weighted by Gasteiger charge is -2.23. The third kappa shape index (κ3) is 4.42. The fourth-order valence-electron chi connectivity index (χ4n) is 4.12. The number of nitrogens with zero attached hydrogens (tertiary/aromatic N) is 4. The maximum absolute atomic E-state index is 13.4. The van der Waals surface area contributed by atoms with E-state index in [9.17, 15) is 14.0 Å². The number of hydrogen-bond donors (Lipinski definition) is 0. The second kappa shape index (κ2) is 9.34. The van der Waals surface area contributed by atoms with Gasteiger partial charge in [-0.1, -0.05) is 32.0 Å². The zero-order valence-electron chi connectivity index (χ0n) is 18.4. The van der Waals surface area contributed by atoms with Gasteiger partial charge in [0.15, 0.2) is 0 Å². The molecular weight excluding hydrogens is 407 g/mol. The topological polar surface area (TPSA) is 58.4 Å². The van der Waals surface area contributed by atoms with Crippen molar-refractivity contribution in [2.24, 2.45) is 0 Å². The summed E-state index contributed by atoms with van der Waals surface area (Å²) in [7, 11) is 0. The van der Waals surface area contributed by atoms with Crippen molar-refractivity contribution >= 4 is 11.8 Å². The Morgan fingerprint density at radius 2 is 1.50 bits per heavy atom. The van der Waals surface area contributed by atoms with Gasteiger partial charge in [0.25, 0.3) is 11.8 Å². The Bertz CT molecular complexity index is 1090. The van der Waals surface area contributed by atoms with E-state index in [1.54, 1.807) is 27.9 Å². The van der Waals surface area contributed by atoms with Crippen LogP contribution in [0.1, 0.15) is 52.6 Å². The Labute approximate surface area is 187 Å². The quantitative estimate of drug-likeness (QED) is 0.621. The first-order valence-electron chi connectivity index (χ1n) is 10.9. The molecule has 1 saturated heterocycles. The SMILES string of the molecule is CC(C)c1c(C(=O)N2CCCN(C(=O)c3ccccc3)CC2)cnn1-c1ccc(F)cc1. The van der Waals surface area contributed by atoms with Crippen LogP contribution in [-0.4, -0.2) is 57.6 Å². The number of benzene rings is 2. The minimum absolute atomic E-state index is 0.00750. The Morgan fingerprint density at radius 3 is 2.12 bits per heavy atom. The maximum Gasteiger partial charge on any atom is 0.257 e. The maximum atomic E-state index is 13.4. The fraction of sp³-hybridized carbons (Fsp3) is 0.320. The van der Waals surface area contributed by atoms with Gasteiger partial charge in [-0.2, -0.15) is 5.10 Å². The number of hydrogen-bond acceptors (Lipinski definition) is 3. The van der Waals surface area contributed by atoms with Crippen molar-refractivity contribution in [3.05, 3.63) is 83.4 Å². The van der Waals surface area contributed by atoms with Gasteiger partial charge in [-0.3, -0.25) is 9.59 Å². The van der Waals surface area contributed by atoms with Gasteiger partial charge in [0, 0.05) is 31.7 Å². The molecule has 7 heteroatoms. The molecular formula is C25H27FN4O2. The summed E-state index contributed by atoms with van der Waals surface area (Å²) < 4.78 is 15.1. The molecule has 166 valence electrons. The molecule has 4 rings (SSSR count). The summed E-state index contributed by atoms with van der Waals surface area (Å²) in [5, 5.41) is 4.44. The molecule has 0 atom stereocenters. The average molecular weight is 435 g/mol. The van der Waals surface area contributed by atoms with E-state index in [-0.39, 0.29) is 23.5 Å². The zero-order valence-corrected chi connectivity index (χ0v) is 18.4. The van der Waals surface area contributed by atoms with Crippen LogP contribution in [-0.2, 0) is 0 Å². The van der Waals surface area contributed by atoms with Gasteiger partial charge in [-0.05, 0) is 48.7 Å². The lowest BCUT2D eigenvalue weighted by atomic mass is 10.0. The standard InChI is InChI=1S/C25H27FN4O2/c1-18(2)23-22(17-27-30(23)21-11-9-20(26)10-12-21)25(32)29-14-6-13-28(15-16-29)24(31)19-7-4-3-5-8-19/h3-5,7-12,17-18H,6,13-16H2,1-2H3. The first-order chi connectivity index (χ1) is 15.5. The van der Waals surface area contributed by atoms with Crippen molar-refractivity contribution in [1.82, 2.24) is 19.6 Å². The molecule has 0 N–H and O–H groups in total. The second-order valence-electron chi connectivity index (χ2n) is 8.29. The molecule has 1 fully saturated rings. The van der Waals surface area contributed by atoms with Crippen molar-refractivity contribution in [3.8, 4) is 5.69 Å². The lowest BCUT2D eigenvalue weighted by Crippen LogP contribution is -2.37. The normalized spacial score (nSPS) is 14.5. The number of rotatable bonds is 4. The molecule has 0 spiro atoms. The summed E-state index contributed by atoms with van der Waals surface area (Å²) in [5.74, 6) is -0.366. The first-order valence-corrected chi connectivity index (χ1v) is 10.9. The van der Waals surface area contributed by atoms with Crippen molar-refractivity contribution < 1.29 is 14.0 Å². The molecule has 0 unspecified atom stereocenters. The van der Waals surface area contributed by atoms with Gasteiger partial charge in [-0.15, -0.1) is 0 Å². The largest absolute Gasteiger partial charge is 0.337 e. The molecule has 1 aromatic heterocycles. The number of carbonyl (C=O) groups excluding carboxylic acids is 2. The third-order valence-electron chi connectivity index (χ3n) is 5.75. The summed E-state index contributed by atoms with van der Waals surface area (Å²) in [4.78, 5) is 29.9. The molecule has 6 nitrogen and oxygen atoms in total. The van der Waals surface area contributed by atoms with Crippen molar-refractivity contribution in [1.29, 1.82) is 0 Å². The van der Waals surface area contributed by atoms with E-state index in [0.29, 0.717) is 49.4 Å². The summed E-state index contributed by atoms with van der Waals surface area (Å²) in [6.45, 7) is 6.17. The van der Waals surface area contributed by atoms with Gasteiger partial charge < -0.3 is 9.80 Å². The molecule has 0 saturated carbocycles. The van der Waals surface area contributed by atoms with E-state index < -0.39 is 0 Å². The van der Waals surface area contributed by atoms with E-state index in [0.717, 1.165) is 5.69 Å². The number of aromatic nitrogens is 2. The summed E-state index contributed by atoms with van der Waals surface area (Å²) in [6, 6.07) is 15.3. The van der Waals surface area contributed by atoms with Crippen LogP contribution in [0.5, 0.6) is 0 Å². The van der Waals surface area contributed by atoms with E-state index in [4.69, 9.17) is 0 Å². The number of carbonyl (C=O) groups is 2. The monoisotopic (exact) mass is 434 g/mol. The van der Waals surface area contributed by atoms with E-state index >= 15 is 0 Å². The molecule has 3 aromatic rings.